The van der Waals surface area contributed by atoms with Crippen LogP contribution in [0.25, 0.3) is 0 Å². The van der Waals surface area contributed by atoms with Crippen LogP contribution in [-0.2, 0) is 6.54 Å². The van der Waals surface area contributed by atoms with Crippen LogP contribution in [0.5, 0.6) is 0 Å². The Morgan fingerprint density at radius 3 is 2.41 bits per heavy atom. The van der Waals surface area contributed by atoms with E-state index in [9.17, 15) is 0 Å². The number of hydrogen-bond donors (Lipinski definition) is 1. The molecule has 0 unspecified atom stereocenters. The Kier molecular flexibility index (Phi) is 4.90. The molecule has 0 atom stereocenters. The molecule has 0 saturated carbocycles. The smallest absolute Gasteiger partial charge is 0.0593 e. The number of pyridine rings is 1. The van der Waals surface area contributed by atoms with E-state index in [2.05, 4.69) is 35.9 Å². The number of likely N-dealkylation sites (N-methyl/N-ethyl adjacent to an activating group) is 2. The molecule has 0 aliphatic carbocycles. The Morgan fingerprint density at radius 2 is 1.82 bits per heavy atom. The van der Waals surface area contributed by atoms with Crippen molar-refractivity contribution in [3.63, 3.8) is 0 Å². The molecule has 1 aromatic heterocycles. The maximum absolute atomic E-state index is 6.01. The van der Waals surface area contributed by atoms with Crippen molar-refractivity contribution in [3.8, 4) is 0 Å². The Labute approximate surface area is 104 Å². The molecule has 96 valence electrons. The van der Waals surface area contributed by atoms with E-state index in [1.165, 1.54) is 0 Å². The number of aryl methyl sites for hydroxylation is 1. The molecule has 2 N–H and O–H groups in total. The lowest BCUT2D eigenvalue weighted by molar-refractivity contribution is 0.273. The first-order valence-electron chi connectivity index (χ1n) is 5.95. The largest absolute Gasteiger partial charge is 0.398 e. The second-order valence-electron chi connectivity index (χ2n) is 4.97. The molecule has 0 spiro atoms. The summed E-state index contributed by atoms with van der Waals surface area (Å²) in [6.45, 7) is 6.97. The summed E-state index contributed by atoms with van der Waals surface area (Å²) in [5.41, 5.74) is 10.1. The highest BCUT2D eigenvalue weighted by atomic mass is 15.2. The highest BCUT2D eigenvalue weighted by molar-refractivity contribution is 5.53. The van der Waals surface area contributed by atoms with Crippen molar-refractivity contribution < 1.29 is 0 Å². The Hall–Kier alpha value is -1.13. The molecule has 0 aromatic carbocycles. The summed E-state index contributed by atoms with van der Waals surface area (Å²) >= 11 is 0. The van der Waals surface area contributed by atoms with Gasteiger partial charge in [-0.3, -0.25) is 9.88 Å². The lowest BCUT2D eigenvalue weighted by atomic mass is 10.1. The molecule has 4 heteroatoms. The van der Waals surface area contributed by atoms with Crippen molar-refractivity contribution >= 4 is 5.69 Å². The molecule has 0 saturated heterocycles. The minimum Gasteiger partial charge on any atom is -0.398 e. The molecule has 0 amide bonds. The SMILES string of the molecule is Cc1cnc(CN(C)CCN(C)C)c(C)c1N. The zero-order valence-corrected chi connectivity index (χ0v) is 11.6. The van der Waals surface area contributed by atoms with Crippen molar-refractivity contribution in [2.24, 2.45) is 0 Å². The van der Waals surface area contributed by atoms with Crippen LogP contribution >= 0.6 is 0 Å². The minimum absolute atomic E-state index is 0.851. The second kappa shape index (κ2) is 5.98. The molecular formula is C13H24N4. The van der Waals surface area contributed by atoms with Crippen molar-refractivity contribution in [2.75, 3.05) is 40.0 Å². The molecule has 1 aromatic rings. The third-order valence-electron chi connectivity index (χ3n) is 3.02. The van der Waals surface area contributed by atoms with Crippen LogP contribution in [0.3, 0.4) is 0 Å². The maximum atomic E-state index is 6.01. The zero-order chi connectivity index (χ0) is 13.0. The van der Waals surface area contributed by atoms with Gasteiger partial charge in [0.1, 0.15) is 0 Å². The van der Waals surface area contributed by atoms with Crippen molar-refractivity contribution in [2.45, 2.75) is 20.4 Å². The number of anilines is 1. The first kappa shape index (κ1) is 13.9. The number of nitrogens with zero attached hydrogens (tertiary/aromatic N) is 3. The van der Waals surface area contributed by atoms with Crippen molar-refractivity contribution in [3.05, 3.63) is 23.0 Å². The summed E-state index contributed by atoms with van der Waals surface area (Å²) < 4.78 is 0. The highest BCUT2D eigenvalue weighted by Crippen LogP contribution is 2.18. The van der Waals surface area contributed by atoms with E-state index in [0.717, 1.165) is 42.1 Å². The molecule has 1 heterocycles. The molecule has 17 heavy (non-hydrogen) atoms. The number of nitrogens with two attached hydrogens (primary N) is 1. The summed E-state index contributed by atoms with van der Waals surface area (Å²) in [7, 11) is 6.28. The van der Waals surface area contributed by atoms with E-state index in [0.29, 0.717) is 0 Å². The predicted molar refractivity (Wildman–Crippen MR) is 73.0 cm³/mol. The number of nitrogen functional groups attached to an aromatic ring is 1. The predicted octanol–water partition coefficient (Wildman–Crippen LogP) is 1.27. The van der Waals surface area contributed by atoms with Gasteiger partial charge in [0.15, 0.2) is 0 Å². The normalized spacial score (nSPS) is 11.5. The zero-order valence-electron chi connectivity index (χ0n) is 11.6. The summed E-state index contributed by atoms with van der Waals surface area (Å²) in [6.07, 6.45) is 1.86. The summed E-state index contributed by atoms with van der Waals surface area (Å²) in [5.74, 6) is 0. The standard InChI is InChI=1S/C13H24N4/c1-10-8-15-12(11(2)13(10)14)9-17(5)7-6-16(3)4/h8H,6-7,9H2,1-5H3,(H2,14,15). The van der Waals surface area contributed by atoms with Crippen molar-refractivity contribution in [1.82, 2.24) is 14.8 Å². The number of rotatable bonds is 5. The van der Waals surface area contributed by atoms with Crippen LogP contribution in [-0.4, -0.2) is 49.0 Å². The molecule has 0 aliphatic heterocycles. The molecule has 0 radical (unpaired) electrons. The first-order valence-corrected chi connectivity index (χ1v) is 5.95. The van der Waals surface area contributed by atoms with Gasteiger partial charge in [-0.05, 0) is 46.1 Å². The third kappa shape index (κ3) is 3.98. The van der Waals surface area contributed by atoms with Gasteiger partial charge in [0.2, 0.25) is 0 Å². The maximum Gasteiger partial charge on any atom is 0.0593 e. The molecule has 0 fully saturated rings. The lowest BCUT2D eigenvalue weighted by Gasteiger charge is -2.20. The topological polar surface area (TPSA) is 45.4 Å². The van der Waals surface area contributed by atoms with Crippen molar-refractivity contribution in [1.29, 1.82) is 0 Å². The molecule has 1 rings (SSSR count). The van der Waals surface area contributed by atoms with Gasteiger partial charge in [-0.1, -0.05) is 0 Å². The Balaban J connectivity index is 2.65. The van der Waals surface area contributed by atoms with E-state index >= 15 is 0 Å². The van der Waals surface area contributed by atoms with Gasteiger partial charge >= 0.3 is 0 Å². The fourth-order valence-electron chi connectivity index (χ4n) is 1.66. The second-order valence-corrected chi connectivity index (χ2v) is 4.97. The van der Waals surface area contributed by atoms with Gasteiger partial charge < -0.3 is 10.6 Å². The van der Waals surface area contributed by atoms with Gasteiger partial charge in [0.05, 0.1) is 5.69 Å². The van der Waals surface area contributed by atoms with E-state index < -0.39 is 0 Å². The van der Waals surface area contributed by atoms with E-state index in [-0.39, 0.29) is 0 Å². The van der Waals surface area contributed by atoms with Gasteiger partial charge in [-0.2, -0.15) is 0 Å². The number of hydrogen-bond acceptors (Lipinski definition) is 4. The van der Waals surface area contributed by atoms with Gasteiger partial charge in [0, 0.05) is 31.5 Å². The average Bonchev–Trinajstić information content (AvgIpc) is 2.27. The molecule has 0 aliphatic rings. The Morgan fingerprint density at radius 1 is 1.18 bits per heavy atom. The lowest BCUT2D eigenvalue weighted by Crippen LogP contribution is -2.28. The van der Waals surface area contributed by atoms with Crippen LogP contribution < -0.4 is 5.73 Å². The summed E-state index contributed by atoms with van der Waals surface area (Å²) in [6, 6.07) is 0. The Bertz CT molecular complexity index is 374. The van der Waals surface area contributed by atoms with Crippen LogP contribution in [0.1, 0.15) is 16.8 Å². The average molecular weight is 236 g/mol. The minimum atomic E-state index is 0.851. The van der Waals surface area contributed by atoms with E-state index in [1.807, 2.05) is 20.0 Å². The fourth-order valence-corrected chi connectivity index (χ4v) is 1.66. The molecular weight excluding hydrogens is 212 g/mol. The summed E-state index contributed by atoms with van der Waals surface area (Å²) in [5, 5.41) is 0. The van der Waals surface area contributed by atoms with Crippen LogP contribution in [0.15, 0.2) is 6.20 Å². The first-order chi connectivity index (χ1) is 7.91. The third-order valence-corrected chi connectivity index (χ3v) is 3.02. The van der Waals surface area contributed by atoms with Crippen LogP contribution in [0.2, 0.25) is 0 Å². The van der Waals surface area contributed by atoms with E-state index in [4.69, 9.17) is 5.73 Å². The van der Waals surface area contributed by atoms with E-state index in [1.54, 1.807) is 0 Å². The van der Waals surface area contributed by atoms with Gasteiger partial charge in [-0.25, -0.2) is 0 Å². The van der Waals surface area contributed by atoms with Crippen LogP contribution in [0, 0.1) is 13.8 Å². The summed E-state index contributed by atoms with van der Waals surface area (Å²) in [4.78, 5) is 8.92. The number of aromatic nitrogens is 1. The van der Waals surface area contributed by atoms with Crippen LogP contribution in [0.4, 0.5) is 5.69 Å². The fraction of sp³-hybridized carbons (Fsp3) is 0.615. The molecule has 0 bridgehead atoms. The van der Waals surface area contributed by atoms with Gasteiger partial charge in [-0.15, -0.1) is 0 Å². The van der Waals surface area contributed by atoms with Gasteiger partial charge in [0.25, 0.3) is 0 Å². The molecule has 4 nitrogen and oxygen atoms in total. The quantitative estimate of drug-likeness (QED) is 0.836. The highest BCUT2D eigenvalue weighted by Gasteiger charge is 2.08. The monoisotopic (exact) mass is 236 g/mol.